The molecule has 84 valence electrons. The van der Waals surface area contributed by atoms with Crippen molar-refractivity contribution < 1.29 is 14.9 Å². The minimum atomic E-state index is -0.711. The van der Waals surface area contributed by atoms with Crippen LogP contribution in [0.2, 0.25) is 0 Å². The zero-order valence-corrected chi connectivity index (χ0v) is 9.33. The summed E-state index contributed by atoms with van der Waals surface area (Å²) in [4.78, 5) is 0.902. The van der Waals surface area contributed by atoms with Gasteiger partial charge in [0.25, 0.3) is 0 Å². The van der Waals surface area contributed by atoms with E-state index in [1.807, 2.05) is 6.07 Å². The number of nitrogen functional groups attached to an aromatic ring is 1. The van der Waals surface area contributed by atoms with E-state index in [9.17, 15) is 5.11 Å². The van der Waals surface area contributed by atoms with E-state index in [0.29, 0.717) is 17.2 Å². The highest BCUT2D eigenvalue weighted by Crippen LogP contribution is 2.31. The molecule has 0 heterocycles. The fourth-order valence-electron chi connectivity index (χ4n) is 1.04. The molecule has 1 rings (SSSR count). The molecule has 1 unspecified atom stereocenters. The molecule has 0 aliphatic rings. The van der Waals surface area contributed by atoms with Crippen LogP contribution in [0.3, 0.4) is 0 Å². The Morgan fingerprint density at radius 3 is 2.87 bits per heavy atom. The average Bonchev–Trinajstić information content (AvgIpc) is 2.26. The first-order chi connectivity index (χ1) is 7.17. The molecule has 0 aliphatic carbocycles. The van der Waals surface area contributed by atoms with Crippen molar-refractivity contribution in [2.24, 2.45) is 0 Å². The summed E-state index contributed by atoms with van der Waals surface area (Å²) >= 11 is 1.42. The Morgan fingerprint density at radius 2 is 2.27 bits per heavy atom. The topological polar surface area (TPSA) is 75.7 Å². The van der Waals surface area contributed by atoms with Gasteiger partial charge in [0.15, 0.2) is 0 Å². The number of rotatable bonds is 5. The van der Waals surface area contributed by atoms with Gasteiger partial charge in [0.2, 0.25) is 0 Å². The van der Waals surface area contributed by atoms with E-state index in [1.165, 1.54) is 11.8 Å². The molecule has 1 atom stereocenters. The molecule has 0 bridgehead atoms. The molecule has 0 spiro atoms. The van der Waals surface area contributed by atoms with Gasteiger partial charge in [-0.2, -0.15) is 0 Å². The maximum absolute atomic E-state index is 9.20. The van der Waals surface area contributed by atoms with Crippen LogP contribution < -0.4 is 10.5 Å². The summed E-state index contributed by atoms with van der Waals surface area (Å²) in [6.45, 7) is -0.232. The lowest BCUT2D eigenvalue weighted by atomic mass is 10.3. The van der Waals surface area contributed by atoms with E-state index < -0.39 is 6.10 Å². The third-order valence-electron chi connectivity index (χ3n) is 1.83. The first kappa shape index (κ1) is 12.2. The minimum absolute atomic E-state index is 0.232. The lowest BCUT2D eigenvalue weighted by Crippen LogP contribution is -2.14. The molecule has 1 aromatic rings. The molecule has 4 nitrogen and oxygen atoms in total. The van der Waals surface area contributed by atoms with Crippen LogP contribution in [0, 0.1) is 0 Å². The maximum atomic E-state index is 9.20. The van der Waals surface area contributed by atoms with Crippen LogP contribution in [0.5, 0.6) is 5.75 Å². The highest BCUT2D eigenvalue weighted by Gasteiger charge is 2.07. The van der Waals surface area contributed by atoms with Gasteiger partial charge in [0.1, 0.15) is 5.75 Å². The summed E-state index contributed by atoms with van der Waals surface area (Å²) in [5, 5.41) is 17.9. The van der Waals surface area contributed by atoms with Crippen LogP contribution in [0.25, 0.3) is 0 Å². The maximum Gasteiger partial charge on any atom is 0.134 e. The third kappa shape index (κ3) is 3.62. The average molecular weight is 229 g/mol. The van der Waals surface area contributed by atoms with Crippen molar-refractivity contribution in [1.82, 2.24) is 0 Å². The van der Waals surface area contributed by atoms with E-state index in [2.05, 4.69) is 0 Å². The molecule has 0 saturated carbocycles. The van der Waals surface area contributed by atoms with Gasteiger partial charge in [-0.25, -0.2) is 0 Å². The number of hydrogen-bond acceptors (Lipinski definition) is 5. The Bertz CT molecular complexity index is 320. The minimum Gasteiger partial charge on any atom is -0.496 e. The summed E-state index contributed by atoms with van der Waals surface area (Å²) in [6, 6.07) is 5.34. The molecule has 1 aromatic carbocycles. The molecule has 5 heteroatoms. The first-order valence-corrected chi connectivity index (χ1v) is 5.51. The SMILES string of the molecule is COc1cc(N)ccc1SCC(O)CO. The highest BCUT2D eigenvalue weighted by molar-refractivity contribution is 7.99. The van der Waals surface area contributed by atoms with Crippen LogP contribution >= 0.6 is 11.8 Å². The van der Waals surface area contributed by atoms with E-state index in [1.54, 1.807) is 19.2 Å². The van der Waals surface area contributed by atoms with Gasteiger partial charge in [-0.15, -0.1) is 11.8 Å². The van der Waals surface area contributed by atoms with E-state index in [0.717, 1.165) is 4.90 Å². The summed E-state index contributed by atoms with van der Waals surface area (Å²) < 4.78 is 5.15. The molecule has 0 saturated heterocycles. The summed E-state index contributed by atoms with van der Waals surface area (Å²) in [7, 11) is 1.57. The van der Waals surface area contributed by atoms with Gasteiger partial charge in [0.05, 0.1) is 19.8 Å². The van der Waals surface area contributed by atoms with Crippen LogP contribution in [0.1, 0.15) is 0 Å². The second-order valence-electron chi connectivity index (χ2n) is 3.06. The van der Waals surface area contributed by atoms with Gasteiger partial charge >= 0.3 is 0 Å². The third-order valence-corrected chi connectivity index (χ3v) is 3.03. The van der Waals surface area contributed by atoms with Crippen LogP contribution in [0.15, 0.2) is 23.1 Å². The Hall–Kier alpha value is -0.910. The second kappa shape index (κ2) is 5.85. The van der Waals surface area contributed by atoms with E-state index >= 15 is 0 Å². The molecular weight excluding hydrogens is 214 g/mol. The number of methoxy groups -OCH3 is 1. The number of aliphatic hydroxyl groups excluding tert-OH is 2. The van der Waals surface area contributed by atoms with Crippen LogP contribution in [-0.4, -0.2) is 35.8 Å². The van der Waals surface area contributed by atoms with Crippen LogP contribution in [0.4, 0.5) is 5.69 Å². The Kier molecular flexibility index (Phi) is 4.74. The number of benzene rings is 1. The van der Waals surface area contributed by atoms with Crippen molar-refractivity contribution >= 4 is 17.4 Å². The number of thioether (sulfide) groups is 1. The number of hydrogen-bond donors (Lipinski definition) is 3. The molecule has 0 radical (unpaired) electrons. The van der Waals surface area contributed by atoms with Gasteiger partial charge in [-0.1, -0.05) is 0 Å². The zero-order chi connectivity index (χ0) is 11.3. The fourth-order valence-corrected chi connectivity index (χ4v) is 1.97. The Morgan fingerprint density at radius 1 is 1.53 bits per heavy atom. The van der Waals surface area contributed by atoms with Crippen molar-refractivity contribution in [3.05, 3.63) is 18.2 Å². The highest BCUT2D eigenvalue weighted by atomic mass is 32.2. The molecule has 0 amide bonds. The number of nitrogens with two attached hydrogens (primary N) is 1. The van der Waals surface area contributed by atoms with E-state index in [4.69, 9.17) is 15.6 Å². The lowest BCUT2D eigenvalue weighted by molar-refractivity contribution is 0.113. The van der Waals surface area contributed by atoms with Gasteiger partial charge in [0, 0.05) is 22.4 Å². The second-order valence-corrected chi connectivity index (χ2v) is 4.12. The van der Waals surface area contributed by atoms with Crippen molar-refractivity contribution in [3.8, 4) is 5.75 Å². The summed E-state index contributed by atoms with van der Waals surface area (Å²) in [5.74, 6) is 1.11. The largest absolute Gasteiger partial charge is 0.496 e. The standard InChI is InChI=1S/C10H15NO3S/c1-14-9-4-7(11)2-3-10(9)15-6-8(13)5-12/h2-4,8,12-13H,5-6,11H2,1H3. The fraction of sp³-hybridized carbons (Fsp3) is 0.400. The molecular formula is C10H15NO3S. The summed E-state index contributed by atoms with van der Waals surface area (Å²) in [6.07, 6.45) is -0.711. The number of ether oxygens (including phenoxy) is 1. The Labute approximate surface area is 93.1 Å². The molecule has 0 aliphatic heterocycles. The monoisotopic (exact) mass is 229 g/mol. The van der Waals surface area contributed by atoms with Crippen molar-refractivity contribution in [3.63, 3.8) is 0 Å². The molecule has 4 N–H and O–H groups in total. The molecule has 0 fully saturated rings. The Balaban J connectivity index is 2.67. The van der Waals surface area contributed by atoms with Crippen LogP contribution in [-0.2, 0) is 0 Å². The normalized spacial score (nSPS) is 12.5. The first-order valence-electron chi connectivity index (χ1n) is 4.52. The molecule has 0 aromatic heterocycles. The van der Waals surface area contributed by atoms with Crippen molar-refractivity contribution in [2.45, 2.75) is 11.0 Å². The quantitative estimate of drug-likeness (QED) is 0.512. The number of aliphatic hydroxyl groups is 2. The predicted molar refractivity (Wildman–Crippen MR) is 61.2 cm³/mol. The molecule has 15 heavy (non-hydrogen) atoms. The van der Waals surface area contributed by atoms with Crippen molar-refractivity contribution in [2.75, 3.05) is 25.2 Å². The van der Waals surface area contributed by atoms with Gasteiger partial charge < -0.3 is 20.7 Å². The summed E-state index contributed by atoms with van der Waals surface area (Å²) in [5.41, 5.74) is 6.24. The zero-order valence-electron chi connectivity index (χ0n) is 8.51. The van der Waals surface area contributed by atoms with Gasteiger partial charge in [-0.3, -0.25) is 0 Å². The van der Waals surface area contributed by atoms with E-state index in [-0.39, 0.29) is 6.61 Å². The smallest absolute Gasteiger partial charge is 0.134 e. The predicted octanol–water partition coefficient (Wildman–Crippen LogP) is 0.723. The van der Waals surface area contributed by atoms with Crippen molar-refractivity contribution in [1.29, 1.82) is 0 Å². The number of anilines is 1. The van der Waals surface area contributed by atoms with Gasteiger partial charge in [-0.05, 0) is 12.1 Å². The lowest BCUT2D eigenvalue weighted by Gasteiger charge is -2.10.